The van der Waals surface area contributed by atoms with Crippen molar-refractivity contribution in [3.63, 3.8) is 0 Å². The van der Waals surface area contributed by atoms with Crippen LogP contribution in [0.3, 0.4) is 0 Å². The van der Waals surface area contributed by atoms with Crippen LogP contribution in [0.15, 0.2) is 17.5 Å². The van der Waals surface area contributed by atoms with Crippen LogP contribution in [-0.4, -0.2) is 13.2 Å². The zero-order chi connectivity index (χ0) is 11.7. The summed E-state index contributed by atoms with van der Waals surface area (Å²) < 4.78 is 8.28. The number of nitrogens with two attached hydrogens (primary N) is 1. The highest BCUT2D eigenvalue weighted by Crippen LogP contribution is 2.37. The van der Waals surface area contributed by atoms with Crippen LogP contribution in [0, 0.1) is 5.92 Å². The monoisotopic (exact) mass is 268 g/mol. The number of hydrogen-bond acceptors (Lipinski definition) is 5. The zero-order valence-corrected chi connectivity index (χ0v) is 11.2. The summed E-state index contributed by atoms with van der Waals surface area (Å²) >= 11 is 3.64. The van der Waals surface area contributed by atoms with Gasteiger partial charge in [0.2, 0.25) is 0 Å². The Kier molecular flexibility index (Phi) is 3.44. The minimum atomic E-state index is 0.236. The normalized spacial score (nSPS) is 23.0. The third-order valence-corrected chi connectivity index (χ3v) is 5.49. The van der Waals surface area contributed by atoms with E-state index in [0.717, 1.165) is 19.6 Å². The number of hydrogen-bond donors (Lipinski definition) is 2. The molecular weight excluding hydrogens is 252 g/mol. The van der Waals surface area contributed by atoms with Crippen molar-refractivity contribution < 1.29 is 4.74 Å². The van der Waals surface area contributed by atoms with Gasteiger partial charge in [0, 0.05) is 26.8 Å². The maximum Gasteiger partial charge on any atom is 0.0604 e. The van der Waals surface area contributed by atoms with Gasteiger partial charge >= 0.3 is 0 Å². The highest BCUT2D eigenvalue weighted by Gasteiger charge is 2.26. The first kappa shape index (κ1) is 11.6. The lowest BCUT2D eigenvalue weighted by Crippen LogP contribution is -2.36. The van der Waals surface area contributed by atoms with Crippen LogP contribution in [0.5, 0.6) is 0 Å². The number of fused-ring (bicyclic) bond motifs is 1. The van der Waals surface area contributed by atoms with Crippen LogP contribution in [-0.2, 0) is 4.74 Å². The molecule has 3 N–H and O–H groups in total. The van der Waals surface area contributed by atoms with Gasteiger partial charge in [0.15, 0.2) is 0 Å². The zero-order valence-electron chi connectivity index (χ0n) is 9.52. The van der Waals surface area contributed by atoms with E-state index in [0.29, 0.717) is 5.92 Å². The topological polar surface area (TPSA) is 47.3 Å². The summed E-state index contributed by atoms with van der Waals surface area (Å²) in [6.07, 6.45) is 2.34. The van der Waals surface area contributed by atoms with Crippen molar-refractivity contribution in [3.05, 3.63) is 22.4 Å². The van der Waals surface area contributed by atoms with Crippen molar-refractivity contribution in [3.8, 4) is 0 Å². The minimum absolute atomic E-state index is 0.236. The van der Waals surface area contributed by atoms with E-state index in [9.17, 15) is 0 Å². The van der Waals surface area contributed by atoms with E-state index in [2.05, 4.69) is 22.9 Å². The molecule has 2 aromatic heterocycles. The van der Waals surface area contributed by atoms with E-state index in [1.807, 2.05) is 11.3 Å². The molecule has 0 radical (unpaired) electrons. The van der Waals surface area contributed by atoms with Crippen molar-refractivity contribution in [1.82, 2.24) is 5.43 Å². The van der Waals surface area contributed by atoms with E-state index < -0.39 is 0 Å². The molecule has 1 aliphatic rings. The van der Waals surface area contributed by atoms with Gasteiger partial charge in [-0.1, -0.05) is 0 Å². The van der Waals surface area contributed by atoms with E-state index in [1.54, 1.807) is 11.3 Å². The van der Waals surface area contributed by atoms with Gasteiger partial charge in [-0.3, -0.25) is 11.3 Å². The van der Waals surface area contributed by atoms with Crippen LogP contribution < -0.4 is 11.3 Å². The van der Waals surface area contributed by atoms with Crippen LogP contribution in [0.2, 0.25) is 0 Å². The fourth-order valence-electron chi connectivity index (χ4n) is 2.42. The third-order valence-electron chi connectivity index (χ3n) is 3.31. The molecule has 5 heteroatoms. The van der Waals surface area contributed by atoms with E-state index in [4.69, 9.17) is 10.6 Å². The lowest BCUT2D eigenvalue weighted by molar-refractivity contribution is 0.0395. The SMILES string of the molecule is NNC(c1cc2sccc2s1)C1CCCOC1. The molecule has 2 aromatic rings. The number of ether oxygens (including phenoxy) is 1. The number of thiophene rings is 2. The average Bonchev–Trinajstić information content (AvgIpc) is 2.92. The van der Waals surface area contributed by atoms with E-state index >= 15 is 0 Å². The molecule has 3 nitrogen and oxygen atoms in total. The summed E-state index contributed by atoms with van der Waals surface area (Å²) in [5.74, 6) is 6.23. The largest absolute Gasteiger partial charge is 0.381 e. The van der Waals surface area contributed by atoms with E-state index in [1.165, 1.54) is 20.7 Å². The predicted molar refractivity (Wildman–Crippen MR) is 73.3 cm³/mol. The van der Waals surface area contributed by atoms with Gasteiger partial charge in [-0.2, -0.15) is 0 Å². The first-order valence-corrected chi connectivity index (χ1v) is 7.59. The number of nitrogens with one attached hydrogen (secondary N) is 1. The van der Waals surface area contributed by atoms with Crippen LogP contribution in [0.4, 0.5) is 0 Å². The quantitative estimate of drug-likeness (QED) is 0.664. The summed E-state index contributed by atoms with van der Waals surface area (Å²) in [5.41, 5.74) is 2.97. The summed E-state index contributed by atoms with van der Waals surface area (Å²) in [6, 6.07) is 4.68. The molecule has 2 unspecified atom stereocenters. The Balaban J connectivity index is 1.86. The Morgan fingerprint density at radius 1 is 1.47 bits per heavy atom. The Hall–Kier alpha value is -0.460. The van der Waals surface area contributed by atoms with Gasteiger partial charge in [0.1, 0.15) is 0 Å². The minimum Gasteiger partial charge on any atom is -0.381 e. The number of rotatable bonds is 3. The van der Waals surface area contributed by atoms with E-state index in [-0.39, 0.29) is 6.04 Å². The second kappa shape index (κ2) is 5.04. The Labute approximate surface area is 109 Å². The third kappa shape index (κ3) is 2.26. The second-order valence-electron chi connectivity index (χ2n) is 4.42. The van der Waals surface area contributed by atoms with Gasteiger partial charge in [-0.25, -0.2) is 0 Å². The van der Waals surface area contributed by atoms with Crippen molar-refractivity contribution in [2.75, 3.05) is 13.2 Å². The highest BCUT2D eigenvalue weighted by atomic mass is 32.1. The molecule has 3 rings (SSSR count). The summed E-state index contributed by atoms with van der Waals surface area (Å²) in [6.45, 7) is 1.72. The number of hydrazine groups is 1. The molecule has 0 spiro atoms. The summed E-state index contributed by atoms with van der Waals surface area (Å²) in [4.78, 5) is 1.34. The molecule has 0 amide bonds. The maximum absolute atomic E-state index is 5.73. The van der Waals surface area contributed by atoms with Crippen molar-refractivity contribution >= 4 is 32.1 Å². The van der Waals surface area contributed by atoms with Gasteiger partial charge in [-0.05, 0) is 30.4 Å². The molecule has 0 aliphatic carbocycles. The summed E-state index contributed by atoms with van der Waals surface area (Å²) in [5, 5.41) is 2.14. The van der Waals surface area contributed by atoms with Gasteiger partial charge in [0.05, 0.1) is 12.6 Å². The molecule has 3 heterocycles. The molecule has 0 aromatic carbocycles. The molecule has 92 valence electrons. The van der Waals surface area contributed by atoms with Crippen molar-refractivity contribution in [1.29, 1.82) is 0 Å². The Morgan fingerprint density at radius 2 is 2.41 bits per heavy atom. The fraction of sp³-hybridized carbons (Fsp3) is 0.500. The maximum atomic E-state index is 5.73. The first-order valence-electron chi connectivity index (χ1n) is 5.89. The highest BCUT2D eigenvalue weighted by molar-refractivity contribution is 7.26. The summed E-state index contributed by atoms with van der Waals surface area (Å²) in [7, 11) is 0. The molecule has 2 atom stereocenters. The fourth-order valence-corrected chi connectivity index (χ4v) is 4.69. The molecule has 1 saturated heterocycles. The predicted octanol–water partition coefficient (Wildman–Crippen LogP) is 2.89. The van der Waals surface area contributed by atoms with Crippen molar-refractivity contribution in [2.24, 2.45) is 11.8 Å². The standard InChI is InChI=1S/C12H16N2OS2/c13-14-12(8-2-1-4-15-7-8)11-6-10-9(17-11)3-5-16-10/h3,5-6,8,12,14H,1-2,4,7,13H2. The average molecular weight is 268 g/mol. The molecule has 0 bridgehead atoms. The lowest BCUT2D eigenvalue weighted by Gasteiger charge is -2.29. The smallest absolute Gasteiger partial charge is 0.0604 e. The molecule has 0 saturated carbocycles. The Morgan fingerprint density at radius 3 is 3.12 bits per heavy atom. The van der Waals surface area contributed by atoms with Crippen molar-refractivity contribution in [2.45, 2.75) is 18.9 Å². The Bertz CT molecular complexity index is 459. The van der Waals surface area contributed by atoms with Gasteiger partial charge in [-0.15, -0.1) is 22.7 Å². The molecular formula is C12H16N2OS2. The van der Waals surface area contributed by atoms with Crippen LogP contribution >= 0.6 is 22.7 Å². The first-order chi connectivity index (χ1) is 8.38. The van der Waals surface area contributed by atoms with Crippen LogP contribution in [0.1, 0.15) is 23.8 Å². The molecule has 1 aliphatic heterocycles. The molecule has 1 fully saturated rings. The van der Waals surface area contributed by atoms with Gasteiger partial charge in [0.25, 0.3) is 0 Å². The van der Waals surface area contributed by atoms with Gasteiger partial charge < -0.3 is 4.74 Å². The second-order valence-corrected chi connectivity index (χ2v) is 6.48. The lowest BCUT2D eigenvalue weighted by atomic mass is 9.93. The molecule has 17 heavy (non-hydrogen) atoms. The van der Waals surface area contributed by atoms with Crippen LogP contribution in [0.25, 0.3) is 9.40 Å².